The van der Waals surface area contributed by atoms with Crippen molar-refractivity contribution in [3.8, 4) is 0 Å². The van der Waals surface area contributed by atoms with Crippen molar-refractivity contribution >= 4 is 0 Å². The number of piperidine rings is 1. The van der Waals surface area contributed by atoms with E-state index in [4.69, 9.17) is 4.74 Å². The SMILES string of the molecule is COCC(C)N1CCCC12CCCNC2. The Kier molecular flexibility index (Phi) is 3.65. The molecule has 2 atom stereocenters. The van der Waals surface area contributed by atoms with E-state index in [1.54, 1.807) is 7.11 Å². The van der Waals surface area contributed by atoms with Gasteiger partial charge in [-0.3, -0.25) is 4.90 Å². The summed E-state index contributed by atoms with van der Waals surface area (Å²) in [5.41, 5.74) is 0.455. The van der Waals surface area contributed by atoms with Gasteiger partial charge in [0, 0.05) is 25.2 Å². The third-order valence-corrected chi connectivity index (χ3v) is 4.04. The Morgan fingerprint density at radius 1 is 1.40 bits per heavy atom. The van der Waals surface area contributed by atoms with Gasteiger partial charge in [0.2, 0.25) is 0 Å². The third kappa shape index (κ3) is 2.19. The van der Waals surface area contributed by atoms with Crippen molar-refractivity contribution in [2.45, 2.75) is 44.2 Å². The molecule has 0 radical (unpaired) electrons. The number of nitrogens with one attached hydrogen (secondary N) is 1. The first-order valence-corrected chi connectivity index (χ1v) is 6.25. The number of hydrogen-bond acceptors (Lipinski definition) is 3. The second kappa shape index (κ2) is 4.81. The molecule has 2 heterocycles. The van der Waals surface area contributed by atoms with Crippen LogP contribution in [0.1, 0.15) is 32.6 Å². The third-order valence-electron chi connectivity index (χ3n) is 4.04. The van der Waals surface area contributed by atoms with Crippen molar-refractivity contribution in [1.82, 2.24) is 10.2 Å². The van der Waals surface area contributed by atoms with Gasteiger partial charge in [0.1, 0.15) is 0 Å². The average Bonchev–Trinajstić information content (AvgIpc) is 2.63. The van der Waals surface area contributed by atoms with Crippen LogP contribution in [0, 0.1) is 0 Å². The highest BCUT2D eigenvalue weighted by molar-refractivity contribution is 5.01. The largest absolute Gasteiger partial charge is 0.383 e. The first kappa shape index (κ1) is 11.4. The normalized spacial score (nSPS) is 34.8. The molecule has 2 saturated heterocycles. The number of ether oxygens (including phenoxy) is 1. The fourth-order valence-electron chi connectivity index (χ4n) is 3.39. The highest BCUT2D eigenvalue weighted by Gasteiger charge is 2.43. The lowest BCUT2D eigenvalue weighted by Crippen LogP contribution is -2.57. The van der Waals surface area contributed by atoms with E-state index in [9.17, 15) is 0 Å². The van der Waals surface area contributed by atoms with E-state index in [2.05, 4.69) is 17.1 Å². The van der Waals surface area contributed by atoms with Crippen LogP contribution < -0.4 is 5.32 Å². The summed E-state index contributed by atoms with van der Waals surface area (Å²) in [6.45, 7) is 6.80. The van der Waals surface area contributed by atoms with Crippen molar-refractivity contribution in [2.75, 3.05) is 33.4 Å². The summed E-state index contributed by atoms with van der Waals surface area (Å²) in [7, 11) is 1.80. The molecule has 3 heteroatoms. The minimum atomic E-state index is 0.455. The first-order chi connectivity index (χ1) is 7.28. The van der Waals surface area contributed by atoms with Gasteiger partial charge >= 0.3 is 0 Å². The maximum atomic E-state index is 5.29. The fraction of sp³-hybridized carbons (Fsp3) is 1.00. The maximum Gasteiger partial charge on any atom is 0.0615 e. The lowest BCUT2D eigenvalue weighted by atomic mass is 9.87. The zero-order valence-corrected chi connectivity index (χ0v) is 10.1. The molecule has 1 N–H and O–H groups in total. The maximum absolute atomic E-state index is 5.29. The second-order valence-electron chi connectivity index (χ2n) is 5.11. The van der Waals surface area contributed by atoms with Crippen LogP contribution in [-0.4, -0.2) is 49.8 Å². The molecule has 2 aliphatic heterocycles. The van der Waals surface area contributed by atoms with Crippen molar-refractivity contribution in [3.63, 3.8) is 0 Å². The van der Waals surface area contributed by atoms with Crippen LogP contribution in [0.4, 0.5) is 0 Å². The zero-order valence-electron chi connectivity index (χ0n) is 10.1. The van der Waals surface area contributed by atoms with Gasteiger partial charge in [-0.15, -0.1) is 0 Å². The average molecular weight is 212 g/mol. The molecular formula is C12H24N2O. The van der Waals surface area contributed by atoms with E-state index < -0.39 is 0 Å². The number of rotatable bonds is 3. The molecule has 2 aliphatic rings. The van der Waals surface area contributed by atoms with E-state index in [0.29, 0.717) is 11.6 Å². The Morgan fingerprint density at radius 3 is 2.87 bits per heavy atom. The Morgan fingerprint density at radius 2 is 2.20 bits per heavy atom. The summed E-state index contributed by atoms with van der Waals surface area (Å²) in [5.74, 6) is 0. The standard InChI is InChI=1S/C12H24N2O/c1-11(9-15-2)14-8-4-6-12(14)5-3-7-13-10-12/h11,13H,3-10H2,1-2H3. The van der Waals surface area contributed by atoms with Gasteiger partial charge in [0.25, 0.3) is 0 Å². The second-order valence-corrected chi connectivity index (χ2v) is 5.11. The Balaban J connectivity index is 2.02. The number of nitrogens with zero attached hydrogens (tertiary/aromatic N) is 1. The Bertz CT molecular complexity index is 202. The van der Waals surface area contributed by atoms with E-state index in [1.165, 1.54) is 45.3 Å². The molecule has 2 rings (SSSR count). The van der Waals surface area contributed by atoms with Crippen LogP contribution in [-0.2, 0) is 4.74 Å². The molecule has 0 amide bonds. The molecule has 0 saturated carbocycles. The van der Waals surface area contributed by atoms with Gasteiger partial charge in [-0.25, -0.2) is 0 Å². The molecule has 2 unspecified atom stereocenters. The van der Waals surface area contributed by atoms with Gasteiger partial charge in [-0.2, -0.15) is 0 Å². The van der Waals surface area contributed by atoms with Gasteiger partial charge in [-0.05, 0) is 45.7 Å². The highest BCUT2D eigenvalue weighted by atomic mass is 16.5. The van der Waals surface area contributed by atoms with Crippen molar-refractivity contribution in [1.29, 1.82) is 0 Å². The topological polar surface area (TPSA) is 24.5 Å². The number of likely N-dealkylation sites (tertiary alicyclic amines) is 1. The zero-order chi connectivity index (χ0) is 10.7. The molecule has 3 nitrogen and oxygen atoms in total. The van der Waals surface area contributed by atoms with E-state index >= 15 is 0 Å². The molecule has 0 aromatic heterocycles. The summed E-state index contributed by atoms with van der Waals surface area (Å²) in [6, 6.07) is 0.567. The van der Waals surface area contributed by atoms with Gasteiger partial charge in [0.15, 0.2) is 0 Å². The van der Waals surface area contributed by atoms with Crippen LogP contribution in [0.3, 0.4) is 0 Å². The van der Waals surface area contributed by atoms with E-state index in [1.807, 2.05) is 0 Å². The van der Waals surface area contributed by atoms with Crippen LogP contribution in [0.2, 0.25) is 0 Å². The van der Waals surface area contributed by atoms with Crippen LogP contribution in [0.5, 0.6) is 0 Å². The minimum absolute atomic E-state index is 0.455. The molecule has 0 bridgehead atoms. The van der Waals surface area contributed by atoms with Gasteiger partial charge in [-0.1, -0.05) is 0 Å². The van der Waals surface area contributed by atoms with Crippen LogP contribution in [0.25, 0.3) is 0 Å². The predicted molar refractivity (Wildman–Crippen MR) is 62.1 cm³/mol. The van der Waals surface area contributed by atoms with Crippen molar-refractivity contribution in [2.24, 2.45) is 0 Å². The van der Waals surface area contributed by atoms with Crippen LogP contribution >= 0.6 is 0 Å². The molecular weight excluding hydrogens is 188 g/mol. The van der Waals surface area contributed by atoms with Crippen LogP contribution in [0.15, 0.2) is 0 Å². The van der Waals surface area contributed by atoms with E-state index in [0.717, 1.165) is 6.61 Å². The fourth-order valence-corrected chi connectivity index (χ4v) is 3.39. The lowest BCUT2D eigenvalue weighted by molar-refractivity contribution is 0.0291. The quantitative estimate of drug-likeness (QED) is 0.762. The molecule has 2 fully saturated rings. The summed E-state index contributed by atoms with van der Waals surface area (Å²) >= 11 is 0. The molecule has 0 aliphatic carbocycles. The number of hydrogen-bond donors (Lipinski definition) is 1. The highest BCUT2D eigenvalue weighted by Crippen LogP contribution is 2.36. The summed E-state index contributed by atoms with van der Waals surface area (Å²) in [6.07, 6.45) is 5.42. The molecule has 88 valence electrons. The monoisotopic (exact) mass is 212 g/mol. The van der Waals surface area contributed by atoms with Crippen molar-refractivity contribution < 1.29 is 4.74 Å². The first-order valence-electron chi connectivity index (χ1n) is 6.25. The molecule has 15 heavy (non-hydrogen) atoms. The smallest absolute Gasteiger partial charge is 0.0615 e. The summed E-state index contributed by atoms with van der Waals surface area (Å²) in [5, 5.41) is 3.56. The Labute approximate surface area is 93.2 Å². The van der Waals surface area contributed by atoms with Crippen molar-refractivity contribution in [3.05, 3.63) is 0 Å². The van der Waals surface area contributed by atoms with Gasteiger partial charge in [0.05, 0.1) is 6.61 Å². The summed E-state index contributed by atoms with van der Waals surface area (Å²) < 4.78 is 5.29. The predicted octanol–water partition coefficient (Wildman–Crippen LogP) is 1.24. The minimum Gasteiger partial charge on any atom is -0.383 e. The number of methoxy groups -OCH3 is 1. The van der Waals surface area contributed by atoms with Gasteiger partial charge < -0.3 is 10.1 Å². The molecule has 0 aromatic carbocycles. The summed E-state index contributed by atoms with van der Waals surface area (Å²) in [4.78, 5) is 2.68. The lowest BCUT2D eigenvalue weighted by Gasteiger charge is -2.44. The molecule has 0 aromatic rings. The molecule has 1 spiro atoms. The Hall–Kier alpha value is -0.120. The van der Waals surface area contributed by atoms with E-state index in [-0.39, 0.29) is 0 Å².